The molecule has 0 bridgehead atoms. The zero-order valence-corrected chi connectivity index (χ0v) is 31.7. The zero-order valence-electron chi connectivity index (χ0n) is 30.8. The Hall–Kier alpha value is -1.51. The van der Waals surface area contributed by atoms with Crippen LogP contribution in [0.5, 0.6) is 0 Å². The van der Waals surface area contributed by atoms with Crippen LogP contribution in [-0.2, 0) is 32.7 Å². The van der Waals surface area contributed by atoms with Crippen molar-refractivity contribution in [1.82, 2.24) is 0 Å². The number of ether oxygens (including phenoxy) is 2. The van der Waals surface area contributed by atoms with Gasteiger partial charge in [-0.25, -0.2) is 4.57 Å². The Labute approximate surface area is 288 Å². The predicted octanol–water partition coefficient (Wildman–Crippen LogP) is 9.63. The summed E-state index contributed by atoms with van der Waals surface area (Å²) in [6, 6.07) is 0. The molecule has 1 N–H and O–H groups in total. The summed E-state index contributed by atoms with van der Waals surface area (Å²) < 4.78 is 34.1. The van der Waals surface area contributed by atoms with Gasteiger partial charge in [0.05, 0.1) is 27.7 Å². The van der Waals surface area contributed by atoms with Crippen molar-refractivity contribution in [2.75, 3.05) is 47.5 Å². The fraction of sp³-hybridized carbons (Fsp3) is 0.838. The molecular formula is C37H71NO8P+. The number of unbranched alkanes of at least 4 members (excludes halogenated alkanes) is 15. The predicted molar refractivity (Wildman–Crippen MR) is 192 cm³/mol. The molecule has 9 nitrogen and oxygen atoms in total. The average molecular weight is 689 g/mol. The van der Waals surface area contributed by atoms with Gasteiger partial charge in [0.25, 0.3) is 0 Å². The van der Waals surface area contributed by atoms with E-state index < -0.39 is 26.5 Å². The van der Waals surface area contributed by atoms with E-state index in [2.05, 4.69) is 38.2 Å². The summed E-state index contributed by atoms with van der Waals surface area (Å²) in [6.07, 6.45) is 29.4. The number of rotatable bonds is 33. The second-order valence-corrected chi connectivity index (χ2v) is 15.1. The highest BCUT2D eigenvalue weighted by molar-refractivity contribution is 7.47. The maximum Gasteiger partial charge on any atom is 0.472 e. The van der Waals surface area contributed by atoms with Crippen LogP contribution >= 0.6 is 7.82 Å². The molecule has 0 aliphatic carbocycles. The van der Waals surface area contributed by atoms with E-state index in [1.807, 2.05) is 21.1 Å². The van der Waals surface area contributed by atoms with E-state index in [-0.39, 0.29) is 32.0 Å². The number of phosphoric acid groups is 1. The third-order valence-corrected chi connectivity index (χ3v) is 8.69. The number of nitrogens with zero attached hydrogens (tertiary/aromatic N) is 1. The van der Waals surface area contributed by atoms with Crippen molar-refractivity contribution in [2.45, 2.75) is 155 Å². The van der Waals surface area contributed by atoms with Gasteiger partial charge in [0.2, 0.25) is 0 Å². The summed E-state index contributed by atoms with van der Waals surface area (Å²) in [6.45, 7) is 4.31. The lowest BCUT2D eigenvalue weighted by atomic mass is 10.1. The minimum Gasteiger partial charge on any atom is -0.462 e. The fourth-order valence-corrected chi connectivity index (χ4v) is 5.43. The molecule has 0 saturated heterocycles. The van der Waals surface area contributed by atoms with Crippen LogP contribution in [0.15, 0.2) is 24.3 Å². The number of allylic oxidation sites excluding steroid dienone is 4. The summed E-state index contributed by atoms with van der Waals surface area (Å²) in [7, 11) is 1.46. The molecule has 0 aromatic rings. The summed E-state index contributed by atoms with van der Waals surface area (Å²) in [5, 5.41) is 0. The van der Waals surface area contributed by atoms with E-state index in [9.17, 15) is 19.0 Å². The molecule has 276 valence electrons. The number of phosphoric ester groups is 1. The van der Waals surface area contributed by atoms with E-state index in [1.54, 1.807) is 0 Å². The van der Waals surface area contributed by atoms with E-state index in [1.165, 1.54) is 38.5 Å². The lowest BCUT2D eigenvalue weighted by Gasteiger charge is -2.24. The lowest BCUT2D eigenvalue weighted by Crippen LogP contribution is -2.37. The second kappa shape index (κ2) is 30.5. The molecule has 0 aliphatic heterocycles. The van der Waals surface area contributed by atoms with Crippen LogP contribution in [0.4, 0.5) is 0 Å². The maximum atomic E-state index is 12.6. The first-order chi connectivity index (χ1) is 22.5. The minimum absolute atomic E-state index is 0.0294. The number of carbonyl (C=O) groups excluding carboxylic acids is 2. The molecule has 2 atom stereocenters. The second-order valence-electron chi connectivity index (χ2n) is 13.6. The smallest absolute Gasteiger partial charge is 0.462 e. The van der Waals surface area contributed by atoms with Crippen LogP contribution in [0.1, 0.15) is 149 Å². The average Bonchev–Trinajstić information content (AvgIpc) is 3.01. The van der Waals surface area contributed by atoms with Crippen LogP contribution in [-0.4, -0.2) is 74.9 Å². The number of quaternary nitrogens is 1. The quantitative estimate of drug-likeness (QED) is 0.0239. The molecule has 0 aromatic carbocycles. The van der Waals surface area contributed by atoms with E-state index in [0.717, 1.165) is 77.0 Å². The monoisotopic (exact) mass is 688 g/mol. The Morgan fingerprint density at radius 1 is 0.638 bits per heavy atom. The summed E-state index contributed by atoms with van der Waals surface area (Å²) in [5.41, 5.74) is 0. The van der Waals surface area contributed by atoms with Gasteiger partial charge in [0.15, 0.2) is 6.10 Å². The summed E-state index contributed by atoms with van der Waals surface area (Å²) >= 11 is 0. The SMILES string of the molecule is CCCC/C=C\CCCCCCCC(=O)OCC(COP(=O)(O)OCC[N+](C)(C)C)OC(=O)CCCCCCC/C=C\CCCCC. The number of esters is 2. The minimum atomic E-state index is -4.36. The molecule has 10 heteroatoms. The number of likely N-dealkylation sites (N-methyl/N-ethyl adjacent to an activating group) is 1. The molecule has 2 unspecified atom stereocenters. The van der Waals surface area contributed by atoms with Crippen molar-refractivity contribution < 1.29 is 42.1 Å². The third-order valence-electron chi connectivity index (χ3n) is 7.70. The lowest BCUT2D eigenvalue weighted by molar-refractivity contribution is -0.870. The Bertz CT molecular complexity index is 871. The Morgan fingerprint density at radius 2 is 1.11 bits per heavy atom. The molecule has 0 saturated carbocycles. The third kappa shape index (κ3) is 34.2. The van der Waals surface area contributed by atoms with Crippen molar-refractivity contribution >= 4 is 19.8 Å². The van der Waals surface area contributed by atoms with E-state index in [4.69, 9.17) is 18.5 Å². The fourth-order valence-electron chi connectivity index (χ4n) is 4.69. The molecule has 0 amide bonds. The Balaban J connectivity index is 4.49. The van der Waals surface area contributed by atoms with Gasteiger partial charge < -0.3 is 18.9 Å². The highest BCUT2D eigenvalue weighted by Gasteiger charge is 2.27. The summed E-state index contributed by atoms with van der Waals surface area (Å²) in [4.78, 5) is 35.1. The van der Waals surface area contributed by atoms with Gasteiger partial charge in [0.1, 0.15) is 19.8 Å². The molecule has 0 radical (unpaired) electrons. The molecule has 0 rings (SSSR count). The molecule has 0 aromatic heterocycles. The van der Waals surface area contributed by atoms with E-state index >= 15 is 0 Å². The van der Waals surface area contributed by atoms with Gasteiger partial charge >= 0.3 is 19.8 Å². The Kier molecular flexibility index (Phi) is 29.6. The van der Waals surface area contributed by atoms with Gasteiger partial charge in [-0.05, 0) is 57.8 Å². The van der Waals surface area contributed by atoms with Gasteiger partial charge in [-0.15, -0.1) is 0 Å². The van der Waals surface area contributed by atoms with E-state index in [0.29, 0.717) is 17.4 Å². The molecule has 47 heavy (non-hydrogen) atoms. The van der Waals surface area contributed by atoms with Gasteiger partial charge in [-0.1, -0.05) is 102 Å². The van der Waals surface area contributed by atoms with Gasteiger partial charge in [-0.3, -0.25) is 18.6 Å². The summed E-state index contributed by atoms with van der Waals surface area (Å²) in [5.74, 6) is -0.823. The first kappa shape index (κ1) is 45.5. The standard InChI is InChI=1S/C37H70NO8P/c1-6-8-10-12-14-16-18-20-22-24-26-28-30-37(40)46-35(34-45-47(41,42)44-32-31-38(3,4)5)33-43-36(39)29-27-25-23-21-19-17-15-13-11-9-7-2/h13-16,35H,6-12,17-34H2,1-5H3/p+1/b15-13-,16-14-. The van der Waals surface area contributed by atoms with Crippen molar-refractivity contribution in [1.29, 1.82) is 0 Å². The first-order valence-corrected chi connectivity index (χ1v) is 20.1. The van der Waals surface area contributed by atoms with Gasteiger partial charge in [0, 0.05) is 12.8 Å². The van der Waals surface area contributed by atoms with Crippen molar-refractivity contribution in [3.8, 4) is 0 Å². The van der Waals surface area contributed by atoms with Crippen molar-refractivity contribution in [3.63, 3.8) is 0 Å². The number of carbonyl (C=O) groups is 2. The maximum absolute atomic E-state index is 12.6. The molecule has 0 spiro atoms. The van der Waals surface area contributed by atoms with Crippen molar-refractivity contribution in [3.05, 3.63) is 24.3 Å². The topological polar surface area (TPSA) is 108 Å². The largest absolute Gasteiger partial charge is 0.472 e. The Morgan fingerprint density at radius 3 is 1.64 bits per heavy atom. The van der Waals surface area contributed by atoms with Crippen LogP contribution < -0.4 is 0 Å². The van der Waals surface area contributed by atoms with Crippen LogP contribution in [0.2, 0.25) is 0 Å². The van der Waals surface area contributed by atoms with Crippen LogP contribution in [0.25, 0.3) is 0 Å². The molecule has 0 aliphatic rings. The molecular weight excluding hydrogens is 617 g/mol. The van der Waals surface area contributed by atoms with Gasteiger partial charge in [-0.2, -0.15) is 0 Å². The van der Waals surface area contributed by atoms with Crippen LogP contribution in [0.3, 0.4) is 0 Å². The highest BCUT2D eigenvalue weighted by Crippen LogP contribution is 2.43. The highest BCUT2D eigenvalue weighted by atomic mass is 31.2. The number of hydrogen-bond donors (Lipinski definition) is 1. The first-order valence-electron chi connectivity index (χ1n) is 18.6. The normalized spacial score (nSPS) is 14.1. The molecule has 0 fully saturated rings. The zero-order chi connectivity index (χ0) is 35.1. The number of hydrogen-bond acceptors (Lipinski definition) is 7. The van der Waals surface area contributed by atoms with Crippen molar-refractivity contribution in [2.24, 2.45) is 0 Å². The van der Waals surface area contributed by atoms with Crippen LogP contribution in [0, 0.1) is 0 Å². The molecule has 0 heterocycles.